The van der Waals surface area contributed by atoms with E-state index in [0.29, 0.717) is 6.54 Å². The van der Waals surface area contributed by atoms with Gasteiger partial charge < -0.3 is 4.90 Å². The average molecular weight is 464 g/mol. The third-order valence-corrected chi connectivity index (χ3v) is 7.57. The summed E-state index contributed by atoms with van der Waals surface area (Å²) in [6, 6.07) is 4.64. The van der Waals surface area contributed by atoms with E-state index in [-0.39, 0.29) is 5.91 Å². The molecule has 3 aromatic heterocycles. The third-order valence-electron chi connectivity index (χ3n) is 7.57. The Hall–Kier alpha value is -2.85. The molecule has 1 saturated carbocycles. The Morgan fingerprint density at radius 3 is 2.68 bits per heavy atom. The van der Waals surface area contributed by atoms with Gasteiger partial charge in [0.2, 0.25) is 5.91 Å². The molecule has 0 aromatic carbocycles. The number of amides is 1. The number of carbonyl (C=O) groups excluding carboxylic acids is 1. The summed E-state index contributed by atoms with van der Waals surface area (Å²) < 4.78 is 3.67. The lowest BCUT2D eigenvalue weighted by Crippen LogP contribution is -2.55. The van der Waals surface area contributed by atoms with E-state index in [1.165, 1.54) is 24.8 Å². The van der Waals surface area contributed by atoms with Gasteiger partial charge in [-0.05, 0) is 31.4 Å². The van der Waals surface area contributed by atoms with E-state index in [4.69, 9.17) is 10.2 Å². The van der Waals surface area contributed by atoms with E-state index < -0.39 is 0 Å². The second-order valence-corrected chi connectivity index (χ2v) is 9.84. The molecular formula is C24H33N9O. The number of hydrogen-bond donors (Lipinski definition) is 0. The normalized spacial score (nSPS) is 20.0. The highest BCUT2D eigenvalue weighted by molar-refractivity contribution is 5.78. The smallest absolute Gasteiger partial charge is 0.236 e. The minimum Gasteiger partial charge on any atom is -0.339 e. The fraction of sp³-hybridized carbons (Fsp3) is 0.625. The highest BCUT2D eigenvalue weighted by Gasteiger charge is 2.30. The van der Waals surface area contributed by atoms with Crippen LogP contribution in [-0.2, 0) is 24.2 Å². The molecule has 0 unspecified atom stereocenters. The van der Waals surface area contributed by atoms with E-state index in [1.807, 2.05) is 21.3 Å². The van der Waals surface area contributed by atoms with Gasteiger partial charge in [-0.2, -0.15) is 9.61 Å². The Morgan fingerprint density at radius 2 is 1.91 bits per heavy atom. The number of hydrogen-bond acceptors (Lipinski definition) is 7. The largest absolute Gasteiger partial charge is 0.339 e. The van der Waals surface area contributed by atoms with Crippen molar-refractivity contribution in [2.45, 2.75) is 58.0 Å². The minimum atomic E-state index is 0.257. The van der Waals surface area contributed by atoms with Crippen molar-refractivity contribution in [2.75, 3.05) is 39.3 Å². The minimum absolute atomic E-state index is 0.257. The Morgan fingerprint density at radius 1 is 1.06 bits per heavy atom. The molecular weight excluding hydrogens is 430 g/mol. The standard InChI is InChI=1S/C24H33N9O/c1-2-4-21-25-26-22-7-8-23(28-33(21)22)32-16-18-15-29(10-9-20(18)27-32)17-24(34)31-13-11-30(12-14-31)19-5-3-6-19/h7-8,16,19H,2-6,9-15,17H2,1H3. The molecule has 5 heterocycles. The van der Waals surface area contributed by atoms with Crippen molar-refractivity contribution in [1.82, 2.24) is 44.3 Å². The molecule has 1 amide bonds. The predicted molar refractivity (Wildman–Crippen MR) is 127 cm³/mol. The van der Waals surface area contributed by atoms with Gasteiger partial charge in [0.25, 0.3) is 0 Å². The lowest BCUT2D eigenvalue weighted by molar-refractivity contribution is -0.135. The number of aromatic nitrogens is 6. The second-order valence-electron chi connectivity index (χ2n) is 9.84. The number of rotatable bonds is 6. The van der Waals surface area contributed by atoms with Gasteiger partial charge in [-0.25, -0.2) is 4.68 Å². The van der Waals surface area contributed by atoms with Crippen LogP contribution in [0.15, 0.2) is 18.3 Å². The summed E-state index contributed by atoms with van der Waals surface area (Å²) in [4.78, 5) is 19.9. The Kier molecular flexibility index (Phi) is 5.78. The number of aryl methyl sites for hydroxylation is 1. The zero-order chi connectivity index (χ0) is 23.1. The van der Waals surface area contributed by atoms with Crippen molar-refractivity contribution >= 4 is 11.6 Å². The number of piperazine rings is 1. The van der Waals surface area contributed by atoms with Crippen molar-refractivity contribution in [3.05, 3.63) is 35.4 Å². The topological polar surface area (TPSA) is 87.7 Å². The van der Waals surface area contributed by atoms with Gasteiger partial charge >= 0.3 is 0 Å². The number of carbonyl (C=O) groups is 1. The van der Waals surface area contributed by atoms with Crippen LogP contribution in [0.1, 0.15) is 49.7 Å². The van der Waals surface area contributed by atoms with Crippen LogP contribution < -0.4 is 0 Å². The highest BCUT2D eigenvalue weighted by Crippen LogP contribution is 2.26. The second kappa shape index (κ2) is 9.07. The molecule has 0 N–H and O–H groups in total. The maximum atomic E-state index is 13.0. The molecule has 6 rings (SSSR count). The lowest BCUT2D eigenvalue weighted by Gasteiger charge is -2.43. The van der Waals surface area contributed by atoms with E-state index in [9.17, 15) is 4.79 Å². The van der Waals surface area contributed by atoms with E-state index in [2.05, 4.69) is 38.0 Å². The Balaban J connectivity index is 1.10. The molecule has 1 aliphatic carbocycles. The molecule has 2 fully saturated rings. The molecule has 10 nitrogen and oxygen atoms in total. The molecule has 0 bridgehead atoms. The van der Waals surface area contributed by atoms with Crippen LogP contribution in [0.3, 0.4) is 0 Å². The van der Waals surface area contributed by atoms with Crippen LogP contribution >= 0.6 is 0 Å². The van der Waals surface area contributed by atoms with Gasteiger partial charge in [0.1, 0.15) is 0 Å². The van der Waals surface area contributed by atoms with E-state index >= 15 is 0 Å². The summed E-state index contributed by atoms with van der Waals surface area (Å²) in [5.74, 6) is 1.88. The molecule has 2 aliphatic heterocycles. The molecule has 3 aromatic rings. The van der Waals surface area contributed by atoms with Crippen molar-refractivity contribution in [2.24, 2.45) is 0 Å². The molecule has 1 saturated heterocycles. The highest BCUT2D eigenvalue weighted by atomic mass is 16.2. The lowest BCUT2D eigenvalue weighted by atomic mass is 9.91. The molecule has 0 atom stereocenters. The maximum absolute atomic E-state index is 13.0. The summed E-state index contributed by atoms with van der Waals surface area (Å²) in [6.45, 7) is 7.99. The molecule has 3 aliphatic rings. The summed E-state index contributed by atoms with van der Waals surface area (Å²) in [7, 11) is 0. The number of nitrogens with zero attached hydrogens (tertiary/aromatic N) is 9. The zero-order valence-corrected chi connectivity index (χ0v) is 19.9. The zero-order valence-electron chi connectivity index (χ0n) is 19.9. The van der Waals surface area contributed by atoms with Crippen LogP contribution in [-0.4, -0.2) is 95.5 Å². The van der Waals surface area contributed by atoms with Gasteiger partial charge in [0.15, 0.2) is 17.3 Å². The Labute approximate surface area is 199 Å². The molecule has 180 valence electrons. The van der Waals surface area contributed by atoms with Gasteiger partial charge in [0.05, 0.1) is 12.2 Å². The van der Waals surface area contributed by atoms with Crippen LogP contribution in [0.4, 0.5) is 0 Å². The summed E-state index contributed by atoms with van der Waals surface area (Å²) in [5, 5.41) is 18.0. The molecule has 10 heteroatoms. The van der Waals surface area contributed by atoms with E-state index in [1.54, 1.807) is 0 Å². The summed E-state index contributed by atoms with van der Waals surface area (Å²) in [6.07, 6.45) is 8.77. The average Bonchev–Trinajstić information content (AvgIpc) is 3.42. The monoisotopic (exact) mass is 463 g/mol. The molecule has 0 radical (unpaired) electrons. The SMILES string of the molecule is CCCc1nnc2ccc(-n3cc4c(n3)CCN(CC(=O)N3CCN(C5CCC5)CC3)C4)nn12. The first-order valence-corrected chi connectivity index (χ1v) is 12.7. The number of fused-ring (bicyclic) bond motifs is 2. The first-order chi connectivity index (χ1) is 16.7. The molecule has 0 spiro atoms. The van der Waals surface area contributed by atoms with Crippen molar-refractivity contribution < 1.29 is 4.79 Å². The van der Waals surface area contributed by atoms with Crippen molar-refractivity contribution in [3.8, 4) is 5.82 Å². The van der Waals surface area contributed by atoms with E-state index in [0.717, 1.165) is 87.6 Å². The maximum Gasteiger partial charge on any atom is 0.236 e. The van der Waals surface area contributed by atoms with Gasteiger partial charge in [0, 0.05) is 69.9 Å². The first-order valence-electron chi connectivity index (χ1n) is 12.7. The third kappa shape index (κ3) is 4.09. The first kappa shape index (κ1) is 21.7. The fourth-order valence-corrected chi connectivity index (χ4v) is 5.33. The summed E-state index contributed by atoms with van der Waals surface area (Å²) in [5.41, 5.74) is 3.02. The van der Waals surface area contributed by atoms with Crippen LogP contribution in [0, 0.1) is 0 Å². The van der Waals surface area contributed by atoms with Gasteiger partial charge in [-0.1, -0.05) is 13.3 Å². The van der Waals surface area contributed by atoms with Crippen molar-refractivity contribution in [3.63, 3.8) is 0 Å². The summed E-state index contributed by atoms with van der Waals surface area (Å²) >= 11 is 0. The fourth-order valence-electron chi connectivity index (χ4n) is 5.33. The quantitative estimate of drug-likeness (QED) is 0.545. The van der Waals surface area contributed by atoms with Crippen LogP contribution in [0.2, 0.25) is 0 Å². The van der Waals surface area contributed by atoms with Crippen molar-refractivity contribution in [1.29, 1.82) is 0 Å². The molecule has 34 heavy (non-hydrogen) atoms. The van der Waals surface area contributed by atoms with Gasteiger partial charge in [-0.3, -0.25) is 14.6 Å². The van der Waals surface area contributed by atoms with Crippen LogP contribution in [0.25, 0.3) is 11.5 Å². The predicted octanol–water partition coefficient (Wildman–Crippen LogP) is 1.32. The Bertz CT molecular complexity index is 1170. The van der Waals surface area contributed by atoms with Crippen LogP contribution in [0.5, 0.6) is 0 Å². The van der Waals surface area contributed by atoms with Gasteiger partial charge in [-0.15, -0.1) is 15.3 Å².